The average Bonchev–Trinajstić information content (AvgIpc) is 3.58. The number of aromatic hydroxyl groups is 4. The maximum Gasteiger partial charge on any atom is 0.294 e. The van der Waals surface area contributed by atoms with Crippen molar-refractivity contribution >= 4 is 93.1 Å². The fourth-order valence-electron chi connectivity index (χ4n) is 4.61. The van der Waals surface area contributed by atoms with Gasteiger partial charge < -0.3 is 87.8 Å². The van der Waals surface area contributed by atoms with Crippen LogP contribution in [-0.2, 0) is 46.3 Å². The van der Waals surface area contributed by atoms with E-state index in [1.54, 1.807) is 12.1 Å². The number of hydrogen-bond acceptors (Lipinski definition) is 33. The number of rotatable bonds is 17. The zero-order chi connectivity index (χ0) is 64.0. The number of primary amides is 1. The Morgan fingerprint density at radius 3 is 1.21 bits per heavy atom. The fraction of sp³-hybridized carbons (Fsp3) is 0.122. The van der Waals surface area contributed by atoms with Gasteiger partial charge in [0.05, 0.1) is 31.0 Å². The number of phenols is 4. The second-order valence-corrected chi connectivity index (χ2v) is 22.4. The maximum absolute atomic E-state index is 11.6. The fourth-order valence-corrected chi connectivity index (χ4v) is 7.04. The Labute approximate surface area is 488 Å². The summed E-state index contributed by atoms with van der Waals surface area (Å²) in [5.74, 6) is -5.61. The van der Waals surface area contributed by atoms with E-state index in [1.165, 1.54) is 26.8 Å². The van der Waals surface area contributed by atoms with Gasteiger partial charge in [0.25, 0.3) is 32.1 Å². The van der Waals surface area contributed by atoms with Crippen LogP contribution >= 0.6 is 32.6 Å². The molecule has 4 aromatic carbocycles. The molecular weight excluding hydrogens is 1280 g/mol. The van der Waals surface area contributed by atoms with Crippen molar-refractivity contribution in [1.82, 2.24) is 5.32 Å². The summed E-state index contributed by atoms with van der Waals surface area (Å²) in [5, 5.41) is 117. The number of amides is 2. The number of aliphatic hydroxyl groups excluding tert-OH is 3. The number of azo groups is 3. The van der Waals surface area contributed by atoms with E-state index < -0.39 is 116 Å². The molecule has 22 N–H and O–H groups in total. The number of aliphatic hydroxyl groups is 3. The molecule has 4 rings (SSSR count). The summed E-state index contributed by atoms with van der Waals surface area (Å²) in [4.78, 5) is 21.2. The van der Waals surface area contributed by atoms with Crippen LogP contribution in [0.4, 0.5) is 22.7 Å². The molecule has 2 amide bonds. The van der Waals surface area contributed by atoms with Gasteiger partial charge in [0, 0.05) is 23.0 Å². The third kappa shape index (κ3) is 26.5. The molecule has 0 fully saturated rings. The SMILES string of the molecule is C/C(O)=C(/N=Nc1cc(S(O)(O)O)ccc1O)C(N)=O.CC(O)=C(C#N)N=Nc1cc(S(=O)(=O)O)ccc1O.CC(O)=C(C#N)N=Nc1cc(S(O)(O)O)ccc1O.N#CC(=NNc1cc(S(O)(O)O)ccc1O)C(=O)NCCS(=O)(=O)O.[Ni]. The average molecular weight is 1320 g/mol. The van der Waals surface area contributed by atoms with Crippen LogP contribution in [0.5, 0.6) is 23.0 Å². The van der Waals surface area contributed by atoms with E-state index in [-0.39, 0.29) is 82.6 Å². The minimum atomic E-state index is -4.44. The van der Waals surface area contributed by atoms with Gasteiger partial charge in [-0.05, 0) is 93.6 Å². The molecule has 0 saturated carbocycles. The predicted octanol–water partition coefficient (Wildman–Crippen LogP) is 8.01. The summed E-state index contributed by atoms with van der Waals surface area (Å²) in [7, 11) is -20.7. The smallest absolute Gasteiger partial charge is 0.294 e. The second-order valence-electron chi connectivity index (χ2n) is 14.9. The second kappa shape index (κ2) is 32.9. The third-order valence-corrected chi connectivity index (χ3v) is 12.8. The summed E-state index contributed by atoms with van der Waals surface area (Å²) in [6.07, 6.45) is 0. The summed E-state index contributed by atoms with van der Waals surface area (Å²) in [6.45, 7) is 3.15. The van der Waals surface area contributed by atoms with E-state index in [0.717, 1.165) is 72.8 Å². The Hall–Kier alpha value is -8.62. The monoisotopic (exact) mass is 1320 g/mol. The molecule has 4 aromatic rings. The Bertz CT molecular complexity index is 3640. The number of anilines is 1. The number of nitrogens with zero attached hydrogens (tertiary/aromatic N) is 10. The molecule has 43 heteroatoms. The van der Waals surface area contributed by atoms with Crippen molar-refractivity contribution in [2.45, 2.75) is 40.4 Å². The van der Waals surface area contributed by atoms with Gasteiger partial charge in [-0.3, -0.25) is 24.1 Å². The first kappa shape index (κ1) is 75.4. The largest absolute Gasteiger partial charge is 0.510 e. The van der Waals surface area contributed by atoms with E-state index in [0.29, 0.717) is 0 Å². The van der Waals surface area contributed by atoms with Gasteiger partial charge in [-0.15, -0.1) is 30.7 Å². The first-order valence-electron chi connectivity index (χ1n) is 20.9. The van der Waals surface area contributed by atoms with Crippen LogP contribution in [-0.4, -0.2) is 132 Å². The Kier molecular flexibility index (Phi) is 29.5. The molecule has 0 bridgehead atoms. The van der Waals surface area contributed by atoms with E-state index in [4.69, 9.17) is 86.9 Å². The van der Waals surface area contributed by atoms with Crippen molar-refractivity contribution in [2.75, 3.05) is 17.7 Å². The number of benzene rings is 4. The van der Waals surface area contributed by atoms with Gasteiger partial charge in [0.15, 0.2) is 17.1 Å². The number of nitrogens with one attached hydrogen (secondary N) is 2. The van der Waals surface area contributed by atoms with E-state index in [1.807, 2.05) is 5.32 Å². The molecule has 0 radical (unpaired) electrons. The molecule has 0 atom stereocenters. The molecule has 0 heterocycles. The van der Waals surface area contributed by atoms with Gasteiger partial charge in [-0.1, -0.05) is 0 Å². The van der Waals surface area contributed by atoms with Crippen molar-refractivity contribution < 1.29 is 129 Å². The Morgan fingerprint density at radius 2 is 0.893 bits per heavy atom. The van der Waals surface area contributed by atoms with Crippen molar-refractivity contribution in [1.29, 1.82) is 15.8 Å². The first-order chi connectivity index (χ1) is 38.1. The normalized spacial score (nSPS) is 13.4. The van der Waals surface area contributed by atoms with Crippen molar-refractivity contribution in [3.05, 3.63) is 107 Å². The summed E-state index contributed by atoms with van der Waals surface area (Å²) < 4.78 is 142. The van der Waals surface area contributed by atoms with E-state index in [2.05, 4.69) is 41.2 Å². The number of phenolic OH excluding ortho intramolecular Hbond substituents is 4. The van der Waals surface area contributed by atoms with Crippen LogP contribution in [0.3, 0.4) is 0 Å². The molecule has 84 heavy (non-hydrogen) atoms. The number of nitriles is 3. The van der Waals surface area contributed by atoms with Crippen LogP contribution in [0.1, 0.15) is 20.8 Å². The molecule has 0 unspecified atom stereocenters. The van der Waals surface area contributed by atoms with Gasteiger partial charge in [-0.25, -0.2) is 0 Å². The molecular formula is C41H47N13NiO24S5. The van der Waals surface area contributed by atoms with Gasteiger partial charge in [0.1, 0.15) is 108 Å². The Morgan fingerprint density at radius 1 is 0.536 bits per heavy atom. The summed E-state index contributed by atoms with van der Waals surface area (Å²) in [5.41, 5.74) is 4.10. The standard InChI is InChI=1S/C11H14N4O8S2.C10H13N3O6S.C10H11N3O5S.C10H9N3O5S.Ni/c12-6-9(11(17)13-3-4-24(18,19)20)15-14-8-5-7(25(21,22)23)1-2-10(8)16;1-5(14)9(10(11)16)13-12-7-4-6(20(17,18)19)2-3-8(7)15;2*1-6(14)9(5-11)13-12-8-4-7(19(16,17)18)2-3-10(8)15;/h1-2,5,14,16,21-23H,3-4H2,(H,13,17)(H,18,19,20);2-4,14-15,17-19H,1H3,(H2,11,16);2-4,14-18H,1H3;2-4,14-15H,1H3,(H,16,17,18);/b;9-5-,13-12?;;;. The number of carbonyl (C=O) groups excluding carboxylic acids is 2. The number of allylic oxidation sites excluding steroid dienone is 5. The molecule has 0 spiro atoms. The number of hydrazone groups is 1. The quantitative estimate of drug-likeness (QED) is 0.00547. The zero-order valence-corrected chi connectivity index (χ0v) is 47.3. The number of hydrogen-bond donors (Lipinski definition) is 21. The van der Waals surface area contributed by atoms with Crippen LogP contribution in [0.15, 0.2) is 163 Å². The minimum Gasteiger partial charge on any atom is -0.510 e. The minimum absolute atomic E-state index is 0. The number of nitrogens with two attached hydrogens (primary N) is 1. The van der Waals surface area contributed by atoms with E-state index >= 15 is 0 Å². The van der Waals surface area contributed by atoms with E-state index in [9.17, 15) is 46.9 Å². The third-order valence-electron chi connectivity index (χ3n) is 8.56. The van der Waals surface area contributed by atoms with Gasteiger partial charge >= 0.3 is 0 Å². The van der Waals surface area contributed by atoms with Crippen LogP contribution < -0.4 is 16.5 Å². The van der Waals surface area contributed by atoms with Crippen LogP contribution in [0.25, 0.3) is 0 Å². The Balaban J connectivity index is 0.00000110. The summed E-state index contributed by atoms with van der Waals surface area (Å²) >= 11 is 0. The van der Waals surface area contributed by atoms with Crippen molar-refractivity contribution in [3.63, 3.8) is 0 Å². The molecule has 0 aliphatic carbocycles. The van der Waals surface area contributed by atoms with Gasteiger partial charge in [0.2, 0.25) is 5.71 Å². The molecule has 37 nitrogen and oxygen atoms in total. The number of carbonyl (C=O) groups is 2. The molecule has 0 saturated heterocycles. The molecule has 0 aromatic heterocycles. The van der Waals surface area contributed by atoms with Crippen LogP contribution in [0.2, 0.25) is 0 Å². The van der Waals surface area contributed by atoms with Crippen molar-refractivity contribution in [3.8, 4) is 41.2 Å². The predicted molar refractivity (Wildman–Crippen MR) is 290 cm³/mol. The van der Waals surface area contributed by atoms with Gasteiger partial charge in [-0.2, -0.15) is 37.7 Å². The van der Waals surface area contributed by atoms with Crippen LogP contribution in [0, 0.1) is 34.0 Å². The summed E-state index contributed by atoms with van der Waals surface area (Å²) in [6, 6.07) is 16.6. The molecule has 460 valence electrons. The maximum atomic E-state index is 11.6. The van der Waals surface area contributed by atoms with Crippen molar-refractivity contribution in [2.24, 2.45) is 41.5 Å². The topological polar surface area (TPSA) is 675 Å². The molecule has 0 aliphatic rings. The molecule has 0 aliphatic heterocycles. The first-order valence-corrected chi connectivity index (χ1v) is 28.5. The zero-order valence-electron chi connectivity index (χ0n) is 42.2.